The average molecular weight is 282 g/mol. The quantitative estimate of drug-likeness (QED) is 0.781. The van der Waals surface area contributed by atoms with Crippen LogP contribution in [0.5, 0.6) is 5.75 Å². The summed E-state index contributed by atoms with van der Waals surface area (Å²) in [5.74, 6) is 0.765. The van der Waals surface area contributed by atoms with Crippen molar-refractivity contribution in [2.75, 3.05) is 7.11 Å². The fraction of sp³-hybridized carbons (Fsp3) is 0.0625. The smallest absolute Gasteiger partial charge is 0.187 e. The van der Waals surface area contributed by atoms with Crippen LogP contribution in [-0.2, 0) is 0 Å². The van der Waals surface area contributed by atoms with Crippen LogP contribution in [0.4, 0.5) is 0 Å². The number of hydrogen-bond acceptors (Lipinski definition) is 3. The van der Waals surface area contributed by atoms with Gasteiger partial charge in [0.05, 0.1) is 18.5 Å². The summed E-state index contributed by atoms with van der Waals surface area (Å²) in [6.45, 7) is 0. The molecule has 4 heteroatoms. The maximum Gasteiger partial charge on any atom is 0.187 e. The number of methoxy groups -OCH3 is 1. The number of nitrogens with zero attached hydrogens (tertiary/aromatic N) is 1. The Morgan fingerprint density at radius 3 is 2.45 bits per heavy atom. The van der Waals surface area contributed by atoms with E-state index in [-0.39, 0.29) is 0 Å². The van der Waals surface area contributed by atoms with Gasteiger partial charge in [-0.25, -0.2) is 0 Å². The minimum Gasteiger partial charge on any atom is -0.495 e. The van der Waals surface area contributed by atoms with Crippen LogP contribution in [-0.4, -0.2) is 11.7 Å². The molecule has 0 atom stereocenters. The van der Waals surface area contributed by atoms with Crippen molar-refractivity contribution in [3.05, 3.63) is 64.8 Å². The minimum absolute atomic E-state index is 0.480. The fourth-order valence-corrected chi connectivity index (χ4v) is 2.95. The van der Waals surface area contributed by atoms with E-state index in [1.807, 2.05) is 64.5 Å². The molecule has 0 aliphatic heterocycles. The number of nitrogens with one attached hydrogen (secondary N) is 1. The van der Waals surface area contributed by atoms with Crippen molar-refractivity contribution < 1.29 is 4.74 Å². The first-order chi connectivity index (χ1) is 9.81. The van der Waals surface area contributed by atoms with Crippen molar-refractivity contribution in [1.29, 1.82) is 5.41 Å². The first-order valence-corrected chi connectivity index (χ1v) is 7.13. The molecule has 20 heavy (non-hydrogen) atoms. The summed E-state index contributed by atoms with van der Waals surface area (Å²) in [6.07, 6.45) is 0. The maximum absolute atomic E-state index is 8.18. The molecule has 3 nitrogen and oxygen atoms in total. The van der Waals surface area contributed by atoms with E-state index in [1.165, 1.54) is 11.3 Å². The summed E-state index contributed by atoms with van der Waals surface area (Å²) in [6, 6.07) is 17.9. The SMILES string of the molecule is COc1ccccc1-n1c(-c2ccccc2)csc1=N. The van der Waals surface area contributed by atoms with Gasteiger partial charge in [0.1, 0.15) is 5.75 Å². The molecule has 0 bridgehead atoms. The largest absolute Gasteiger partial charge is 0.495 e. The van der Waals surface area contributed by atoms with Crippen molar-refractivity contribution in [3.8, 4) is 22.7 Å². The zero-order valence-electron chi connectivity index (χ0n) is 11.0. The second kappa shape index (κ2) is 5.35. The van der Waals surface area contributed by atoms with Crippen LogP contribution in [0.2, 0.25) is 0 Å². The molecule has 0 saturated carbocycles. The van der Waals surface area contributed by atoms with Crippen LogP contribution < -0.4 is 9.54 Å². The van der Waals surface area contributed by atoms with E-state index in [2.05, 4.69) is 0 Å². The predicted molar refractivity (Wildman–Crippen MR) is 81.5 cm³/mol. The molecule has 0 spiro atoms. The van der Waals surface area contributed by atoms with E-state index >= 15 is 0 Å². The molecule has 1 heterocycles. The molecule has 0 fully saturated rings. The second-order valence-corrected chi connectivity index (χ2v) is 5.16. The molecule has 1 N–H and O–H groups in total. The molecule has 0 saturated heterocycles. The van der Waals surface area contributed by atoms with Gasteiger partial charge in [0.25, 0.3) is 0 Å². The summed E-state index contributed by atoms with van der Waals surface area (Å²) in [5, 5.41) is 10.2. The van der Waals surface area contributed by atoms with E-state index in [9.17, 15) is 0 Å². The third-order valence-corrected chi connectivity index (χ3v) is 3.87. The van der Waals surface area contributed by atoms with E-state index < -0.39 is 0 Å². The first kappa shape index (κ1) is 12.7. The Bertz CT molecular complexity index is 774. The number of benzene rings is 2. The van der Waals surface area contributed by atoms with Crippen LogP contribution in [0.3, 0.4) is 0 Å². The summed E-state index contributed by atoms with van der Waals surface area (Å²) >= 11 is 1.41. The zero-order valence-corrected chi connectivity index (χ0v) is 11.9. The standard InChI is InChI=1S/C16H14N2OS/c1-19-15-10-6-5-9-13(15)18-14(11-20-16(18)17)12-7-3-2-4-8-12/h2-11,17H,1H3. The lowest BCUT2D eigenvalue weighted by Gasteiger charge is -2.12. The Morgan fingerprint density at radius 2 is 1.70 bits per heavy atom. The third kappa shape index (κ3) is 2.14. The summed E-state index contributed by atoms with van der Waals surface area (Å²) in [4.78, 5) is 0.480. The Labute approximate surface area is 121 Å². The van der Waals surface area contributed by atoms with Crippen molar-refractivity contribution in [1.82, 2.24) is 4.57 Å². The molecule has 0 aliphatic rings. The van der Waals surface area contributed by atoms with Gasteiger partial charge < -0.3 is 4.74 Å². The number of aromatic nitrogens is 1. The Hall–Kier alpha value is -2.33. The van der Waals surface area contributed by atoms with Crippen LogP contribution >= 0.6 is 11.3 Å². The summed E-state index contributed by atoms with van der Waals surface area (Å²) in [7, 11) is 1.65. The number of para-hydroxylation sites is 2. The van der Waals surface area contributed by atoms with Crippen LogP contribution in [0.15, 0.2) is 60.0 Å². The monoisotopic (exact) mass is 282 g/mol. The average Bonchev–Trinajstić information content (AvgIpc) is 2.89. The topological polar surface area (TPSA) is 38.0 Å². The highest BCUT2D eigenvalue weighted by Crippen LogP contribution is 2.28. The van der Waals surface area contributed by atoms with Crippen molar-refractivity contribution in [2.45, 2.75) is 0 Å². The van der Waals surface area contributed by atoms with E-state index in [4.69, 9.17) is 10.1 Å². The Balaban J connectivity index is 2.25. The third-order valence-electron chi connectivity index (χ3n) is 3.12. The van der Waals surface area contributed by atoms with E-state index in [1.54, 1.807) is 7.11 Å². The summed E-state index contributed by atoms with van der Waals surface area (Å²) in [5.41, 5.74) is 2.98. The van der Waals surface area contributed by atoms with Crippen molar-refractivity contribution >= 4 is 11.3 Å². The highest BCUT2D eigenvalue weighted by molar-refractivity contribution is 7.07. The lowest BCUT2D eigenvalue weighted by molar-refractivity contribution is 0.412. The minimum atomic E-state index is 0.480. The van der Waals surface area contributed by atoms with Gasteiger partial charge in [-0.05, 0) is 17.7 Å². The lowest BCUT2D eigenvalue weighted by Crippen LogP contribution is -2.13. The number of thiazole rings is 1. The van der Waals surface area contributed by atoms with Gasteiger partial charge in [-0.2, -0.15) is 0 Å². The van der Waals surface area contributed by atoms with Crippen LogP contribution in [0.25, 0.3) is 16.9 Å². The van der Waals surface area contributed by atoms with E-state index in [0.29, 0.717) is 4.80 Å². The zero-order chi connectivity index (χ0) is 13.9. The molecule has 0 amide bonds. The number of rotatable bonds is 3. The molecule has 2 aromatic carbocycles. The Morgan fingerprint density at radius 1 is 1.00 bits per heavy atom. The van der Waals surface area contributed by atoms with Gasteiger partial charge in [-0.15, -0.1) is 11.3 Å². The molecule has 0 unspecified atom stereocenters. The van der Waals surface area contributed by atoms with E-state index in [0.717, 1.165) is 22.7 Å². The molecule has 3 rings (SSSR count). The Kier molecular flexibility index (Phi) is 3.39. The van der Waals surface area contributed by atoms with Crippen LogP contribution in [0.1, 0.15) is 0 Å². The number of ether oxygens (including phenoxy) is 1. The molecule has 1 aromatic heterocycles. The van der Waals surface area contributed by atoms with Gasteiger partial charge in [0, 0.05) is 5.38 Å². The second-order valence-electron chi connectivity index (χ2n) is 4.30. The molecule has 0 aliphatic carbocycles. The fourth-order valence-electron chi connectivity index (χ4n) is 2.19. The van der Waals surface area contributed by atoms with Crippen LogP contribution in [0, 0.1) is 5.41 Å². The number of hydrogen-bond donors (Lipinski definition) is 1. The molecule has 0 radical (unpaired) electrons. The molecule has 3 aromatic rings. The van der Waals surface area contributed by atoms with Crippen molar-refractivity contribution in [3.63, 3.8) is 0 Å². The predicted octanol–water partition coefficient (Wildman–Crippen LogP) is 3.69. The normalized spacial score (nSPS) is 10.4. The van der Waals surface area contributed by atoms with Gasteiger partial charge in [-0.3, -0.25) is 9.98 Å². The highest BCUT2D eigenvalue weighted by atomic mass is 32.1. The molecule has 100 valence electrons. The maximum atomic E-state index is 8.18. The molecular formula is C16H14N2OS. The van der Waals surface area contributed by atoms with Gasteiger partial charge >= 0.3 is 0 Å². The highest BCUT2D eigenvalue weighted by Gasteiger charge is 2.12. The summed E-state index contributed by atoms with van der Waals surface area (Å²) < 4.78 is 7.33. The van der Waals surface area contributed by atoms with Gasteiger partial charge in [-0.1, -0.05) is 42.5 Å². The lowest BCUT2D eigenvalue weighted by atomic mass is 10.1. The van der Waals surface area contributed by atoms with Gasteiger partial charge in [0.2, 0.25) is 0 Å². The first-order valence-electron chi connectivity index (χ1n) is 6.25. The van der Waals surface area contributed by atoms with Gasteiger partial charge in [0.15, 0.2) is 4.80 Å². The van der Waals surface area contributed by atoms with Crippen molar-refractivity contribution in [2.24, 2.45) is 0 Å². The molecular weight excluding hydrogens is 268 g/mol.